The largest absolute Gasteiger partial charge is 0.478 e. The maximum absolute atomic E-state index is 11.7. The molecule has 0 aromatic heterocycles. The van der Waals surface area contributed by atoms with Crippen molar-refractivity contribution >= 4 is 52.8 Å². The molecule has 1 unspecified atom stereocenters. The van der Waals surface area contributed by atoms with Crippen molar-refractivity contribution in [2.24, 2.45) is 0 Å². The highest BCUT2D eigenvalue weighted by Crippen LogP contribution is 2.28. The van der Waals surface area contributed by atoms with Crippen LogP contribution in [0.3, 0.4) is 0 Å². The van der Waals surface area contributed by atoms with Crippen LogP contribution in [0.1, 0.15) is 16.8 Å². The Bertz CT molecular complexity index is 492. The molecule has 1 N–H and O–H groups in total. The Hall–Kier alpha value is -0.760. The first-order chi connectivity index (χ1) is 7.99. The SMILES string of the molecule is O=C(O)c1cc(I)ccc1N1CC(S)CC1=O. The van der Waals surface area contributed by atoms with Gasteiger partial charge in [0.15, 0.2) is 0 Å². The van der Waals surface area contributed by atoms with Crippen molar-refractivity contribution < 1.29 is 14.7 Å². The number of aromatic carboxylic acids is 1. The Morgan fingerprint density at radius 2 is 2.24 bits per heavy atom. The lowest BCUT2D eigenvalue weighted by molar-refractivity contribution is -0.117. The Labute approximate surface area is 118 Å². The van der Waals surface area contributed by atoms with Crippen LogP contribution in [0.2, 0.25) is 0 Å². The van der Waals surface area contributed by atoms with Crippen molar-refractivity contribution in [2.45, 2.75) is 11.7 Å². The van der Waals surface area contributed by atoms with Crippen LogP contribution in [-0.4, -0.2) is 28.8 Å². The van der Waals surface area contributed by atoms with Gasteiger partial charge in [-0.05, 0) is 40.8 Å². The number of carboxylic acid groups (broad SMARTS) is 1. The van der Waals surface area contributed by atoms with Crippen LogP contribution in [-0.2, 0) is 4.79 Å². The molecule has 0 saturated carbocycles. The van der Waals surface area contributed by atoms with Gasteiger partial charge in [-0.25, -0.2) is 4.79 Å². The van der Waals surface area contributed by atoms with Crippen LogP contribution >= 0.6 is 35.2 Å². The van der Waals surface area contributed by atoms with Crippen LogP contribution < -0.4 is 4.90 Å². The van der Waals surface area contributed by atoms with Crippen molar-refractivity contribution in [1.82, 2.24) is 0 Å². The molecular formula is C11H10INO3S. The Balaban J connectivity index is 2.45. The molecule has 1 aromatic rings. The summed E-state index contributed by atoms with van der Waals surface area (Å²) in [5.74, 6) is -1.09. The summed E-state index contributed by atoms with van der Waals surface area (Å²) in [6.45, 7) is 0.461. The maximum Gasteiger partial charge on any atom is 0.337 e. The summed E-state index contributed by atoms with van der Waals surface area (Å²) < 4.78 is 0.831. The van der Waals surface area contributed by atoms with Crippen LogP contribution in [0.25, 0.3) is 0 Å². The zero-order valence-corrected chi connectivity index (χ0v) is 11.8. The molecule has 6 heteroatoms. The van der Waals surface area contributed by atoms with Gasteiger partial charge in [0, 0.05) is 21.8 Å². The summed E-state index contributed by atoms with van der Waals surface area (Å²) in [5.41, 5.74) is 0.618. The molecule has 90 valence electrons. The molecule has 0 radical (unpaired) electrons. The number of benzene rings is 1. The predicted molar refractivity (Wildman–Crippen MR) is 75.9 cm³/mol. The molecule has 1 fully saturated rings. The van der Waals surface area contributed by atoms with Crippen LogP contribution in [0.15, 0.2) is 18.2 Å². The average Bonchev–Trinajstić information content (AvgIpc) is 2.57. The first kappa shape index (κ1) is 12.7. The van der Waals surface area contributed by atoms with E-state index >= 15 is 0 Å². The van der Waals surface area contributed by atoms with Gasteiger partial charge in [0.1, 0.15) is 0 Å². The smallest absolute Gasteiger partial charge is 0.337 e. The van der Waals surface area contributed by atoms with Gasteiger partial charge >= 0.3 is 5.97 Å². The predicted octanol–water partition coefficient (Wildman–Crippen LogP) is 2.02. The number of anilines is 1. The molecule has 17 heavy (non-hydrogen) atoms. The molecular weight excluding hydrogens is 353 g/mol. The zero-order valence-electron chi connectivity index (χ0n) is 8.76. The fraction of sp³-hybridized carbons (Fsp3) is 0.273. The van der Waals surface area contributed by atoms with Gasteiger partial charge in [-0.3, -0.25) is 4.79 Å². The molecule has 2 rings (SSSR count). The Morgan fingerprint density at radius 1 is 1.53 bits per heavy atom. The number of hydrogen-bond donors (Lipinski definition) is 2. The lowest BCUT2D eigenvalue weighted by Crippen LogP contribution is -2.26. The van der Waals surface area contributed by atoms with E-state index < -0.39 is 5.97 Å². The molecule has 1 heterocycles. The van der Waals surface area contributed by atoms with Crippen molar-refractivity contribution in [2.75, 3.05) is 11.4 Å². The van der Waals surface area contributed by atoms with Gasteiger partial charge < -0.3 is 10.0 Å². The summed E-state index contributed by atoms with van der Waals surface area (Å²) in [7, 11) is 0. The monoisotopic (exact) mass is 363 g/mol. The fourth-order valence-corrected chi connectivity index (χ4v) is 2.65. The molecule has 1 saturated heterocycles. The van der Waals surface area contributed by atoms with Gasteiger partial charge in [0.2, 0.25) is 5.91 Å². The number of halogens is 1. The molecule has 0 bridgehead atoms. The van der Waals surface area contributed by atoms with Gasteiger partial charge in [-0.15, -0.1) is 0 Å². The highest BCUT2D eigenvalue weighted by molar-refractivity contribution is 14.1. The average molecular weight is 363 g/mol. The second-order valence-corrected chi connectivity index (χ2v) is 5.80. The second kappa shape index (κ2) is 4.85. The molecule has 0 aliphatic carbocycles. The van der Waals surface area contributed by atoms with Gasteiger partial charge in [-0.2, -0.15) is 12.6 Å². The van der Waals surface area contributed by atoms with E-state index in [4.69, 9.17) is 5.11 Å². The number of carboxylic acids is 1. The maximum atomic E-state index is 11.7. The number of hydrogen-bond acceptors (Lipinski definition) is 3. The van der Waals surface area contributed by atoms with Crippen molar-refractivity contribution in [1.29, 1.82) is 0 Å². The summed E-state index contributed by atoms with van der Waals surface area (Å²) >= 11 is 6.30. The topological polar surface area (TPSA) is 57.6 Å². The molecule has 1 atom stereocenters. The summed E-state index contributed by atoms with van der Waals surface area (Å²) in [6.07, 6.45) is 0.355. The van der Waals surface area contributed by atoms with Gasteiger partial charge in [-0.1, -0.05) is 0 Å². The third-order valence-corrected chi connectivity index (χ3v) is 3.60. The number of thiol groups is 1. The zero-order chi connectivity index (χ0) is 12.6. The van der Waals surface area contributed by atoms with Crippen molar-refractivity contribution in [3.8, 4) is 0 Å². The van der Waals surface area contributed by atoms with E-state index in [2.05, 4.69) is 12.6 Å². The normalized spacial score (nSPS) is 19.8. The minimum atomic E-state index is -1.02. The number of amides is 1. The minimum Gasteiger partial charge on any atom is -0.478 e. The molecule has 1 aliphatic heterocycles. The number of nitrogens with zero attached hydrogens (tertiary/aromatic N) is 1. The Kier molecular flexibility index (Phi) is 3.62. The van der Waals surface area contributed by atoms with Gasteiger partial charge in [0.25, 0.3) is 0 Å². The summed E-state index contributed by atoms with van der Waals surface area (Å²) in [6, 6.07) is 5.04. The lowest BCUT2D eigenvalue weighted by atomic mass is 10.1. The van der Waals surface area contributed by atoms with Crippen molar-refractivity contribution in [3.05, 3.63) is 27.3 Å². The molecule has 1 amide bonds. The highest BCUT2D eigenvalue weighted by Gasteiger charge is 2.30. The molecule has 4 nitrogen and oxygen atoms in total. The van der Waals surface area contributed by atoms with E-state index in [-0.39, 0.29) is 16.7 Å². The highest BCUT2D eigenvalue weighted by atomic mass is 127. The summed E-state index contributed by atoms with van der Waals surface area (Å²) in [4.78, 5) is 24.4. The van der Waals surface area contributed by atoms with E-state index in [1.54, 1.807) is 18.2 Å². The third kappa shape index (κ3) is 2.57. The minimum absolute atomic E-state index is 0.0246. The van der Waals surface area contributed by atoms with Crippen LogP contribution in [0, 0.1) is 3.57 Å². The third-order valence-electron chi connectivity index (χ3n) is 2.58. The fourth-order valence-electron chi connectivity index (χ4n) is 1.84. The first-order valence-electron chi connectivity index (χ1n) is 5.00. The Morgan fingerprint density at radius 3 is 2.76 bits per heavy atom. The van der Waals surface area contributed by atoms with Crippen molar-refractivity contribution in [3.63, 3.8) is 0 Å². The van der Waals surface area contributed by atoms with Gasteiger partial charge in [0.05, 0.1) is 11.3 Å². The van der Waals surface area contributed by atoms with E-state index in [1.165, 1.54) is 4.90 Å². The number of carbonyl (C=O) groups is 2. The number of carbonyl (C=O) groups excluding carboxylic acids is 1. The van der Waals surface area contributed by atoms with E-state index in [0.717, 1.165) is 3.57 Å². The van der Waals surface area contributed by atoms with Crippen LogP contribution in [0.4, 0.5) is 5.69 Å². The second-order valence-electron chi connectivity index (χ2n) is 3.83. The molecule has 1 aliphatic rings. The lowest BCUT2D eigenvalue weighted by Gasteiger charge is -2.18. The molecule has 1 aromatic carbocycles. The van der Waals surface area contributed by atoms with Crippen LogP contribution in [0.5, 0.6) is 0 Å². The first-order valence-corrected chi connectivity index (χ1v) is 6.60. The molecule has 0 spiro atoms. The van der Waals surface area contributed by atoms with E-state index in [0.29, 0.717) is 18.7 Å². The summed E-state index contributed by atoms with van der Waals surface area (Å²) in [5, 5.41) is 9.12. The van der Waals surface area contributed by atoms with E-state index in [1.807, 2.05) is 22.6 Å². The quantitative estimate of drug-likeness (QED) is 0.625. The van der Waals surface area contributed by atoms with E-state index in [9.17, 15) is 9.59 Å². The standard InChI is InChI=1S/C11H10INO3S/c12-6-1-2-9(8(3-6)11(15)16)13-5-7(17)4-10(13)14/h1-3,7,17H,4-5H2,(H,15,16). The number of rotatable bonds is 2.